The molecule has 7 N–H and O–H groups in total. The molecule has 0 aliphatic carbocycles. The first kappa shape index (κ1) is 46.4. The Morgan fingerprint density at radius 1 is 0.765 bits per heavy atom. The summed E-state index contributed by atoms with van der Waals surface area (Å²) in [6, 6.07) is 0. The molecule has 51 heavy (non-hydrogen) atoms. The Kier molecular flexibility index (Phi) is 26.9. The van der Waals surface area contributed by atoms with E-state index in [1.54, 1.807) is 0 Å². The number of nitrogens with one attached hydrogen (secondary N) is 1. The van der Waals surface area contributed by atoms with Crippen molar-refractivity contribution < 1.29 is 44.5 Å². The Hall–Kier alpha value is -0.730. The molecule has 0 aromatic carbocycles. The van der Waals surface area contributed by atoms with E-state index >= 15 is 4.39 Å². The summed E-state index contributed by atoms with van der Waals surface area (Å²) < 4.78 is 26.3. The summed E-state index contributed by atoms with van der Waals surface area (Å²) in [5, 5.41) is 65.5. The van der Waals surface area contributed by atoms with Gasteiger partial charge >= 0.3 is 0 Å². The van der Waals surface area contributed by atoms with Gasteiger partial charge in [0.25, 0.3) is 0 Å². The molecule has 0 bridgehead atoms. The molecule has 0 saturated carbocycles. The molecule has 0 radical (unpaired) electrons. The van der Waals surface area contributed by atoms with Gasteiger partial charge in [0, 0.05) is 32.1 Å². The summed E-state index contributed by atoms with van der Waals surface area (Å²) in [6.07, 6.45) is 15.3. The molecule has 5 unspecified atom stereocenters. The summed E-state index contributed by atoms with van der Waals surface area (Å²) in [4.78, 5) is 2.53. The van der Waals surface area contributed by atoms with E-state index in [9.17, 15) is 30.6 Å². The van der Waals surface area contributed by atoms with Crippen molar-refractivity contribution >= 4 is 0 Å². The van der Waals surface area contributed by atoms with Crippen LogP contribution in [-0.2, 0) is 9.47 Å². The van der Waals surface area contributed by atoms with E-state index in [1.807, 2.05) is 0 Å². The average Bonchev–Trinajstić information content (AvgIpc) is 3.14. The lowest BCUT2D eigenvalue weighted by Crippen LogP contribution is -2.59. The molecule has 2 fully saturated rings. The molecular formula is C40H77FN2O8. The minimum absolute atomic E-state index is 0.225. The van der Waals surface area contributed by atoms with Crippen molar-refractivity contribution in [2.45, 2.75) is 191 Å². The summed E-state index contributed by atoms with van der Waals surface area (Å²) in [5.41, 5.74) is 0. The highest BCUT2D eigenvalue weighted by Gasteiger charge is 2.44. The Morgan fingerprint density at radius 3 is 1.86 bits per heavy atom. The highest BCUT2D eigenvalue weighted by molar-refractivity contribution is 5.00. The second-order valence-corrected chi connectivity index (χ2v) is 15.2. The third-order valence-corrected chi connectivity index (χ3v) is 10.7. The van der Waals surface area contributed by atoms with Crippen molar-refractivity contribution in [3.8, 4) is 0 Å². The van der Waals surface area contributed by atoms with Gasteiger partial charge in [-0.1, -0.05) is 122 Å². The van der Waals surface area contributed by atoms with Gasteiger partial charge in [0.1, 0.15) is 24.4 Å². The number of aliphatic hydroxyl groups excluding tert-OH is 6. The molecule has 0 amide bonds. The molecule has 2 heterocycles. The standard InChI is InChI=1S/C40H77FN2O8/c1-2-3-4-5-6-7-8-9-10-14-17-20-23-34(45)36(46)32(31-50-40-39(49)38(48)37(47)35(30-44)51-40)29-33(41)22-19-16-13-11-12-15-18-21-26-43-27-24-42-25-28-43/h29,32,34-40,42,44-49H,2-28,30-31H2,1H3/b33-29+/t32-,34+,35?,36-,37?,38?,39?,40?/m0/s1. The van der Waals surface area contributed by atoms with E-state index in [1.165, 1.54) is 89.7 Å². The predicted molar refractivity (Wildman–Crippen MR) is 201 cm³/mol. The van der Waals surface area contributed by atoms with Gasteiger partial charge in [0.2, 0.25) is 0 Å². The van der Waals surface area contributed by atoms with Crippen molar-refractivity contribution in [2.24, 2.45) is 5.92 Å². The van der Waals surface area contributed by atoms with Gasteiger partial charge in [-0.05, 0) is 38.3 Å². The number of hydrogen-bond donors (Lipinski definition) is 7. The number of piperazine rings is 1. The minimum Gasteiger partial charge on any atom is -0.394 e. The monoisotopic (exact) mass is 733 g/mol. The number of rotatable bonds is 31. The van der Waals surface area contributed by atoms with Gasteiger partial charge in [-0.15, -0.1) is 0 Å². The first-order valence-corrected chi connectivity index (χ1v) is 20.9. The molecular weight excluding hydrogens is 655 g/mol. The first-order valence-electron chi connectivity index (χ1n) is 20.9. The lowest BCUT2D eigenvalue weighted by atomic mass is 9.93. The fourth-order valence-corrected chi connectivity index (χ4v) is 7.25. The average molecular weight is 733 g/mol. The number of nitrogens with zero attached hydrogens (tertiary/aromatic N) is 1. The molecule has 11 heteroatoms. The van der Waals surface area contributed by atoms with Crippen molar-refractivity contribution in [2.75, 3.05) is 45.9 Å². The quantitative estimate of drug-likeness (QED) is 0.0455. The molecule has 10 nitrogen and oxygen atoms in total. The lowest BCUT2D eigenvalue weighted by Gasteiger charge is -2.40. The smallest absolute Gasteiger partial charge is 0.186 e. The fourth-order valence-electron chi connectivity index (χ4n) is 7.25. The van der Waals surface area contributed by atoms with Crippen molar-refractivity contribution in [3.05, 3.63) is 11.9 Å². The fraction of sp³-hybridized carbons (Fsp3) is 0.950. The second kappa shape index (κ2) is 29.6. The molecule has 2 aliphatic heterocycles. The van der Waals surface area contributed by atoms with Gasteiger partial charge in [0.05, 0.1) is 31.2 Å². The Labute approximate surface area is 309 Å². The van der Waals surface area contributed by atoms with E-state index in [0.717, 1.165) is 71.1 Å². The van der Waals surface area contributed by atoms with E-state index in [0.29, 0.717) is 12.8 Å². The normalized spacial score (nSPS) is 25.3. The molecule has 0 spiro atoms. The number of halogens is 1. The SMILES string of the molecule is CCCCCCCCCCCCCC[C@@H](O)[C@@H](O)[C@@H](/C=C(/F)CCCCCCCCCCN1CCNCC1)COC1OC(CO)C(O)C(O)C1O. The van der Waals surface area contributed by atoms with Crippen LogP contribution in [0.4, 0.5) is 4.39 Å². The van der Waals surface area contributed by atoms with Crippen LogP contribution in [0.5, 0.6) is 0 Å². The second-order valence-electron chi connectivity index (χ2n) is 15.2. The topological polar surface area (TPSA) is 155 Å². The summed E-state index contributed by atoms with van der Waals surface area (Å²) in [7, 11) is 0. The zero-order chi connectivity index (χ0) is 37.1. The van der Waals surface area contributed by atoms with E-state index in [4.69, 9.17) is 9.47 Å². The van der Waals surface area contributed by atoms with Crippen molar-refractivity contribution in [1.82, 2.24) is 10.2 Å². The van der Waals surface area contributed by atoms with Gasteiger partial charge in [-0.2, -0.15) is 0 Å². The number of aliphatic hydroxyl groups is 6. The highest BCUT2D eigenvalue weighted by Crippen LogP contribution is 2.26. The zero-order valence-corrected chi connectivity index (χ0v) is 32.0. The Balaban J connectivity index is 1.74. The largest absolute Gasteiger partial charge is 0.394 e. The van der Waals surface area contributed by atoms with Crippen LogP contribution in [0.15, 0.2) is 11.9 Å². The van der Waals surface area contributed by atoms with E-state index in [2.05, 4.69) is 17.1 Å². The van der Waals surface area contributed by atoms with Crippen LogP contribution < -0.4 is 5.32 Å². The zero-order valence-electron chi connectivity index (χ0n) is 32.0. The third kappa shape index (κ3) is 20.5. The van der Waals surface area contributed by atoms with Gasteiger partial charge in [-0.25, -0.2) is 4.39 Å². The molecule has 2 rings (SSSR count). The molecule has 8 atom stereocenters. The van der Waals surface area contributed by atoms with Crippen molar-refractivity contribution in [1.29, 1.82) is 0 Å². The molecule has 0 aromatic heterocycles. The van der Waals surface area contributed by atoms with Gasteiger partial charge in [0.15, 0.2) is 6.29 Å². The van der Waals surface area contributed by atoms with Crippen molar-refractivity contribution in [3.63, 3.8) is 0 Å². The lowest BCUT2D eigenvalue weighted by molar-refractivity contribution is -0.303. The van der Waals surface area contributed by atoms with Crippen LogP contribution in [0.25, 0.3) is 0 Å². The van der Waals surface area contributed by atoms with E-state index < -0.39 is 55.4 Å². The molecule has 2 saturated heterocycles. The number of allylic oxidation sites excluding steroid dienone is 1. The maximum atomic E-state index is 15.2. The van der Waals surface area contributed by atoms with Crippen LogP contribution in [0.2, 0.25) is 0 Å². The summed E-state index contributed by atoms with van der Waals surface area (Å²) in [5.74, 6) is -1.31. The number of ether oxygens (including phenoxy) is 2. The molecule has 0 aromatic rings. The first-order chi connectivity index (χ1) is 24.8. The van der Waals surface area contributed by atoms with Crippen LogP contribution >= 0.6 is 0 Å². The van der Waals surface area contributed by atoms with Crippen LogP contribution in [-0.4, -0.2) is 124 Å². The van der Waals surface area contributed by atoms with Crippen LogP contribution in [0.3, 0.4) is 0 Å². The Morgan fingerprint density at radius 2 is 1.29 bits per heavy atom. The summed E-state index contributed by atoms with van der Waals surface area (Å²) >= 11 is 0. The number of hydrogen-bond acceptors (Lipinski definition) is 10. The van der Waals surface area contributed by atoms with Crippen LogP contribution in [0.1, 0.15) is 148 Å². The number of unbranched alkanes of at least 4 members (excludes halogenated alkanes) is 18. The highest BCUT2D eigenvalue weighted by atomic mass is 19.1. The van der Waals surface area contributed by atoms with Gasteiger partial charge in [-0.3, -0.25) is 0 Å². The Bertz CT molecular complexity index is 849. The predicted octanol–water partition coefficient (Wildman–Crippen LogP) is 5.50. The molecule has 2 aliphatic rings. The summed E-state index contributed by atoms with van der Waals surface area (Å²) in [6.45, 7) is 7.02. The van der Waals surface area contributed by atoms with Crippen LogP contribution in [0, 0.1) is 5.92 Å². The van der Waals surface area contributed by atoms with E-state index in [-0.39, 0.29) is 18.9 Å². The minimum atomic E-state index is -1.61. The van der Waals surface area contributed by atoms with Gasteiger partial charge < -0.3 is 50.3 Å². The molecule has 302 valence electrons. The third-order valence-electron chi connectivity index (χ3n) is 10.7. The maximum Gasteiger partial charge on any atom is 0.186 e. The maximum absolute atomic E-state index is 15.2.